The molecule has 0 saturated heterocycles. The molecule has 0 fully saturated rings. The first-order chi connectivity index (χ1) is 5.95. The van der Waals surface area contributed by atoms with E-state index < -0.39 is 5.60 Å². The summed E-state index contributed by atoms with van der Waals surface area (Å²) in [5.41, 5.74) is 4.92. The van der Waals surface area contributed by atoms with Gasteiger partial charge in [-0.15, -0.1) is 0 Å². The molecule has 0 aromatic rings. The molecule has 0 aliphatic carbocycles. The lowest BCUT2D eigenvalue weighted by molar-refractivity contribution is -0.0553. The highest BCUT2D eigenvalue weighted by Crippen LogP contribution is 2.31. The van der Waals surface area contributed by atoms with Crippen molar-refractivity contribution in [1.29, 1.82) is 0 Å². The molecule has 2 nitrogen and oxygen atoms in total. The molecular formula is C11H25NO. The van der Waals surface area contributed by atoms with Crippen molar-refractivity contribution in [1.82, 2.24) is 0 Å². The number of rotatable bonds is 6. The van der Waals surface area contributed by atoms with Gasteiger partial charge in [-0.2, -0.15) is 0 Å². The lowest BCUT2D eigenvalue weighted by atomic mass is 9.77. The van der Waals surface area contributed by atoms with Gasteiger partial charge in [-0.25, -0.2) is 0 Å². The molecule has 0 unspecified atom stereocenters. The van der Waals surface area contributed by atoms with Crippen LogP contribution >= 0.6 is 0 Å². The van der Waals surface area contributed by atoms with Crippen molar-refractivity contribution in [2.24, 2.45) is 17.6 Å². The van der Waals surface area contributed by atoms with Crippen LogP contribution in [-0.4, -0.2) is 17.3 Å². The average Bonchev–Trinajstić information content (AvgIpc) is 2.03. The molecule has 0 radical (unpaired) electrons. The molecule has 0 spiro atoms. The zero-order valence-electron chi connectivity index (χ0n) is 9.51. The van der Waals surface area contributed by atoms with Crippen LogP contribution in [-0.2, 0) is 0 Å². The van der Waals surface area contributed by atoms with Crippen LogP contribution in [0.2, 0.25) is 0 Å². The van der Waals surface area contributed by atoms with Crippen LogP contribution in [0.5, 0.6) is 0 Å². The fraction of sp³-hybridized carbons (Fsp3) is 1.00. The molecule has 2 heteroatoms. The minimum atomic E-state index is -0.505. The highest BCUT2D eigenvalue weighted by molar-refractivity contribution is 4.84. The monoisotopic (exact) mass is 187 g/mol. The zero-order chi connectivity index (χ0) is 10.5. The standard InChI is InChI=1S/C11H25NO/c1-9(2)11(13,10(3)4)7-5-6-8-12/h9-10,13H,5-8,12H2,1-4H3. The van der Waals surface area contributed by atoms with Gasteiger partial charge in [-0.05, 0) is 37.6 Å². The molecule has 0 bridgehead atoms. The molecule has 80 valence electrons. The number of unbranched alkanes of at least 4 members (excludes halogenated alkanes) is 1. The zero-order valence-corrected chi connectivity index (χ0v) is 9.51. The van der Waals surface area contributed by atoms with Crippen molar-refractivity contribution in [2.75, 3.05) is 6.54 Å². The van der Waals surface area contributed by atoms with Gasteiger partial charge in [-0.3, -0.25) is 0 Å². The minimum Gasteiger partial charge on any atom is -0.389 e. The van der Waals surface area contributed by atoms with E-state index in [2.05, 4.69) is 27.7 Å². The fourth-order valence-electron chi connectivity index (χ4n) is 1.80. The lowest BCUT2D eigenvalue weighted by Crippen LogP contribution is -2.40. The molecule has 0 aliphatic rings. The first-order valence-electron chi connectivity index (χ1n) is 5.37. The molecule has 0 heterocycles. The molecule has 13 heavy (non-hydrogen) atoms. The van der Waals surface area contributed by atoms with E-state index in [1.54, 1.807) is 0 Å². The van der Waals surface area contributed by atoms with Gasteiger partial charge in [0.25, 0.3) is 0 Å². The summed E-state index contributed by atoms with van der Waals surface area (Å²) in [5, 5.41) is 10.4. The molecule has 0 rings (SSSR count). The SMILES string of the molecule is CC(C)C(O)(CCCCN)C(C)C. The van der Waals surface area contributed by atoms with Crippen molar-refractivity contribution in [3.63, 3.8) is 0 Å². The molecular weight excluding hydrogens is 162 g/mol. The van der Waals surface area contributed by atoms with Gasteiger partial charge in [0, 0.05) is 0 Å². The number of aliphatic hydroxyl groups is 1. The van der Waals surface area contributed by atoms with E-state index in [0.717, 1.165) is 25.8 Å². The second kappa shape index (κ2) is 5.61. The molecule has 0 aromatic carbocycles. The molecule has 0 aromatic heterocycles. The Bertz CT molecular complexity index is 124. The predicted octanol–water partition coefficient (Wildman–Crippen LogP) is 2.16. The first-order valence-corrected chi connectivity index (χ1v) is 5.37. The molecule has 0 amide bonds. The van der Waals surface area contributed by atoms with Crippen LogP contribution in [0.25, 0.3) is 0 Å². The Morgan fingerprint density at radius 1 is 1.08 bits per heavy atom. The van der Waals surface area contributed by atoms with Crippen molar-refractivity contribution in [3.05, 3.63) is 0 Å². The van der Waals surface area contributed by atoms with E-state index in [4.69, 9.17) is 5.73 Å². The second-order valence-corrected chi connectivity index (χ2v) is 4.55. The van der Waals surface area contributed by atoms with E-state index in [9.17, 15) is 5.11 Å². The quantitative estimate of drug-likeness (QED) is 0.626. The third kappa shape index (κ3) is 3.65. The number of hydrogen-bond donors (Lipinski definition) is 2. The maximum atomic E-state index is 10.4. The van der Waals surface area contributed by atoms with Crippen molar-refractivity contribution in [3.8, 4) is 0 Å². The highest BCUT2D eigenvalue weighted by atomic mass is 16.3. The summed E-state index contributed by atoms with van der Waals surface area (Å²) in [6.45, 7) is 9.07. The molecule has 0 atom stereocenters. The summed E-state index contributed by atoms with van der Waals surface area (Å²) >= 11 is 0. The normalized spacial score (nSPS) is 12.9. The minimum absolute atomic E-state index is 0.324. The third-order valence-corrected chi connectivity index (χ3v) is 3.03. The van der Waals surface area contributed by atoms with Gasteiger partial charge in [0.15, 0.2) is 0 Å². The number of nitrogens with two attached hydrogens (primary N) is 1. The van der Waals surface area contributed by atoms with Crippen molar-refractivity contribution >= 4 is 0 Å². The third-order valence-electron chi connectivity index (χ3n) is 3.03. The van der Waals surface area contributed by atoms with Gasteiger partial charge in [-0.1, -0.05) is 27.7 Å². The van der Waals surface area contributed by atoms with E-state index in [0.29, 0.717) is 11.8 Å². The Labute approximate surface area is 82.5 Å². The van der Waals surface area contributed by atoms with E-state index in [1.165, 1.54) is 0 Å². The van der Waals surface area contributed by atoms with Crippen LogP contribution in [0.3, 0.4) is 0 Å². The largest absolute Gasteiger partial charge is 0.389 e. The van der Waals surface area contributed by atoms with Crippen molar-refractivity contribution in [2.45, 2.75) is 52.6 Å². The summed E-state index contributed by atoms with van der Waals surface area (Å²) in [4.78, 5) is 0. The van der Waals surface area contributed by atoms with Crippen LogP contribution in [0.15, 0.2) is 0 Å². The van der Waals surface area contributed by atoms with Crippen LogP contribution < -0.4 is 5.73 Å². The Morgan fingerprint density at radius 3 is 1.85 bits per heavy atom. The second-order valence-electron chi connectivity index (χ2n) is 4.55. The average molecular weight is 187 g/mol. The first kappa shape index (κ1) is 12.9. The van der Waals surface area contributed by atoms with Gasteiger partial charge in [0.05, 0.1) is 5.60 Å². The van der Waals surface area contributed by atoms with E-state index >= 15 is 0 Å². The van der Waals surface area contributed by atoms with E-state index in [1.807, 2.05) is 0 Å². The Balaban J connectivity index is 4.09. The summed E-state index contributed by atoms with van der Waals surface area (Å²) in [7, 11) is 0. The Kier molecular flexibility index (Phi) is 5.57. The molecule has 0 saturated carbocycles. The lowest BCUT2D eigenvalue weighted by Gasteiger charge is -2.36. The Hall–Kier alpha value is -0.0800. The topological polar surface area (TPSA) is 46.2 Å². The number of hydrogen-bond acceptors (Lipinski definition) is 2. The van der Waals surface area contributed by atoms with E-state index in [-0.39, 0.29) is 0 Å². The van der Waals surface area contributed by atoms with Gasteiger partial charge in [0.2, 0.25) is 0 Å². The van der Waals surface area contributed by atoms with Crippen LogP contribution in [0, 0.1) is 11.8 Å². The maximum Gasteiger partial charge on any atom is 0.0693 e. The highest BCUT2D eigenvalue weighted by Gasteiger charge is 2.33. The summed E-state index contributed by atoms with van der Waals surface area (Å²) in [5.74, 6) is 0.649. The van der Waals surface area contributed by atoms with Gasteiger partial charge >= 0.3 is 0 Å². The predicted molar refractivity (Wildman–Crippen MR) is 57.5 cm³/mol. The van der Waals surface area contributed by atoms with Crippen molar-refractivity contribution < 1.29 is 5.11 Å². The Morgan fingerprint density at radius 2 is 1.54 bits per heavy atom. The molecule has 0 aliphatic heterocycles. The van der Waals surface area contributed by atoms with Crippen LogP contribution in [0.1, 0.15) is 47.0 Å². The smallest absolute Gasteiger partial charge is 0.0693 e. The van der Waals surface area contributed by atoms with Gasteiger partial charge < -0.3 is 10.8 Å². The molecule has 3 N–H and O–H groups in total. The summed E-state index contributed by atoms with van der Waals surface area (Å²) in [6.07, 6.45) is 2.92. The maximum absolute atomic E-state index is 10.4. The summed E-state index contributed by atoms with van der Waals surface area (Å²) < 4.78 is 0. The van der Waals surface area contributed by atoms with Gasteiger partial charge in [0.1, 0.15) is 0 Å². The fourth-order valence-corrected chi connectivity index (χ4v) is 1.80. The van der Waals surface area contributed by atoms with Crippen LogP contribution in [0.4, 0.5) is 0 Å². The summed E-state index contributed by atoms with van der Waals surface area (Å²) in [6, 6.07) is 0.